The van der Waals surface area contributed by atoms with Crippen LogP contribution in [0.15, 0.2) is 24.3 Å². The van der Waals surface area contributed by atoms with Gasteiger partial charge in [0.15, 0.2) is 5.60 Å². The lowest BCUT2D eigenvalue weighted by atomic mass is 9.91. The molecule has 2 saturated heterocycles. The Morgan fingerprint density at radius 2 is 1.90 bits per heavy atom. The molecule has 2 fully saturated rings. The molecule has 0 radical (unpaired) electrons. The van der Waals surface area contributed by atoms with Crippen molar-refractivity contribution >= 4 is 11.8 Å². The summed E-state index contributed by atoms with van der Waals surface area (Å²) in [6.07, 6.45) is 3.37. The number of hydrogen-bond donors (Lipinski definition) is 1. The summed E-state index contributed by atoms with van der Waals surface area (Å²) < 4.78 is 17.4. The van der Waals surface area contributed by atoms with Crippen LogP contribution in [0, 0.1) is 0 Å². The van der Waals surface area contributed by atoms with Crippen LogP contribution < -0.4 is 10.1 Å². The van der Waals surface area contributed by atoms with E-state index in [4.69, 9.17) is 14.2 Å². The molecule has 0 aliphatic carbocycles. The summed E-state index contributed by atoms with van der Waals surface area (Å²) in [7, 11) is 0. The summed E-state index contributed by atoms with van der Waals surface area (Å²) in [6.45, 7) is 5.14. The van der Waals surface area contributed by atoms with Crippen molar-refractivity contribution in [1.82, 2.24) is 15.1 Å². The van der Waals surface area contributed by atoms with Crippen molar-refractivity contribution in [3.63, 3.8) is 0 Å². The molecule has 0 aromatic heterocycles. The number of benzene rings is 1. The summed E-state index contributed by atoms with van der Waals surface area (Å²) >= 11 is 0. The fourth-order valence-electron chi connectivity index (χ4n) is 4.56. The van der Waals surface area contributed by atoms with Gasteiger partial charge >= 0.3 is 0 Å². The summed E-state index contributed by atoms with van der Waals surface area (Å²) in [4.78, 5) is 29.8. The van der Waals surface area contributed by atoms with Crippen LogP contribution in [0.2, 0.25) is 0 Å². The van der Waals surface area contributed by atoms with Crippen molar-refractivity contribution in [3.8, 4) is 5.75 Å². The third-order valence-corrected chi connectivity index (χ3v) is 6.30. The number of nitrogens with one attached hydrogen (secondary N) is 1. The molecule has 3 heterocycles. The smallest absolute Gasteiger partial charge is 0.253 e. The van der Waals surface area contributed by atoms with Gasteiger partial charge in [-0.3, -0.25) is 14.5 Å². The first-order valence-corrected chi connectivity index (χ1v) is 11.4. The number of nitrogens with zero attached hydrogens (tertiary/aromatic N) is 2. The fourth-order valence-corrected chi connectivity index (χ4v) is 4.56. The molecule has 0 saturated carbocycles. The van der Waals surface area contributed by atoms with Gasteiger partial charge in [0.2, 0.25) is 5.91 Å². The molecule has 1 atom stereocenters. The van der Waals surface area contributed by atoms with Gasteiger partial charge < -0.3 is 24.4 Å². The van der Waals surface area contributed by atoms with Crippen molar-refractivity contribution in [1.29, 1.82) is 0 Å². The van der Waals surface area contributed by atoms with Gasteiger partial charge in [-0.1, -0.05) is 18.2 Å². The molecule has 3 aliphatic heterocycles. The third-order valence-electron chi connectivity index (χ3n) is 6.30. The second kappa shape index (κ2) is 10.4. The highest BCUT2D eigenvalue weighted by Gasteiger charge is 2.43. The van der Waals surface area contributed by atoms with E-state index in [1.807, 2.05) is 23.1 Å². The number of carbonyl (C=O) groups is 2. The average Bonchev–Trinajstić information content (AvgIpc) is 2.80. The van der Waals surface area contributed by atoms with E-state index in [1.165, 1.54) is 5.56 Å². The van der Waals surface area contributed by atoms with Gasteiger partial charge in [0.25, 0.3) is 5.91 Å². The second-order valence-electron chi connectivity index (χ2n) is 8.47. The second-order valence-corrected chi connectivity index (χ2v) is 8.47. The Labute approximate surface area is 183 Å². The average molecular weight is 432 g/mol. The number of morpholine rings is 2. The normalized spacial score (nSPS) is 26.2. The quantitative estimate of drug-likeness (QED) is 0.748. The zero-order chi connectivity index (χ0) is 21.5. The van der Waals surface area contributed by atoms with Crippen LogP contribution in [0.5, 0.6) is 5.75 Å². The molecule has 1 spiro atoms. The topological polar surface area (TPSA) is 80.3 Å². The third kappa shape index (κ3) is 5.56. The molecular weight excluding hydrogens is 398 g/mol. The van der Waals surface area contributed by atoms with E-state index in [2.05, 4.69) is 16.3 Å². The van der Waals surface area contributed by atoms with Gasteiger partial charge in [0.05, 0.1) is 32.9 Å². The van der Waals surface area contributed by atoms with Gasteiger partial charge in [-0.25, -0.2) is 0 Å². The Bertz CT molecular complexity index is 767. The maximum atomic E-state index is 13.2. The molecule has 3 aliphatic rings. The SMILES string of the molecule is O=C(CN1CCOC2(CCCCc3ccccc3OCCNC2=O)C1)N1CCOCC1. The van der Waals surface area contributed by atoms with Crippen LogP contribution in [-0.4, -0.2) is 92.9 Å². The van der Waals surface area contributed by atoms with Crippen molar-refractivity contribution in [2.24, 2.45) is 0 Å². The fraction of sp³-hybridized carbons (Fsp3) is 0.652. The predicted molar refractivity (Wildman–Crippen MR) is 115 cm³/mol. The van der Waals surface area contributed by atoms with E-state index < -0.39 is 5.60 Å². The highest BCUT2D eigenvalue weighted by Crippen LogP contribution is 2.27. The van der Waals surface area contributed by atoms with E-state index in [0.29, 0.717) is 72.1 Å². The monoisotopic (exact) mass is 431 g/mol. The van der Waals surface area contributed by atoms with Crippen molar-refractivity contribution in [3.05, 3.63) is 29.8 Å². The number of aryl methyl sites for hydroxylation is 1. The summed E-state index contributed by atoms with van der Waals surface area (Å²) in [6, 6.07) is 8.09. The number of hydrogen-bond acceptors (Lipinski definition) is 6. The first-order chi connectivity index (χ1) is 15.2. The van der Waals surface area contributed by atoms with Crippen LogP contribution in [0.1, 0.15) is 24.8 Å². The van der Waals surface area contributed by atoms with E-state index >= 15 is 0 Å². The molecule has 0 bridgehead atoms. The Morgan fingerprint density at radius 3 is 2.77 bits per heavy atom. The number of ether oxygens (including phenoxy) is 3. The minimum atomic E-state index is -0.914. The standard InChI is InChI=1S/C23H33N3O5/c27-21(26-11-14-29-15-12-26)17-25-10-16-31-23(18-25)8-4-3-6-19-5-1-2-7-20(19)30-13-9-24-22(23)28/h1-2,5,7H,3-4,6,8-18H2,(H,24,28). The van der Waals surface area contributed by atoms with Crippen LogP contribution >= 0.6 is 0 Å². The molecule has 31 heavy (non-hydrogen) atoms. The summed E-state index contributed by atoms with van der Waals surface area (Å²) in [5, 5.41) is 3.00. The maximum Gasteiger partial charge on any atom is 0.253 e. The Hall–Kier alpha value is -2.16. The highest BCUT2D eigenvalue weighted by molar-refractivity contribution is 5.86. The minimum absolute atomic E-state index is 0.0962. The van der Waals surface area contributed by atoms with E-state index in [1.54, 1.807) is 0 Å². The number of para-hydroxylation sites is 1. The number of amides is 2. The van der Waals surface area contributed by atoms with E-state index in [0.717, 1.165) is 25.0 Å². The number of carbonyl (C=O) groups excluding carboxylic acids is 2. The largest absolute Gasteiger partial charge is 0.491 e. The molecule has 2 amide bonds. The van der Waals surface area contributed by atoms with Crippen molar-refractivity contribution in [2.45, 2.75) is 31.3 Å². The molecule has 4 rings (SSSR count). The van der Waals surface area contributed by atoms with Gasteiger partial charge in [-0.05, 0) is 37.3 Å². The lowest BCUT2D eigenvalue weighted by molar-refractivity contribution is -0.164. The van der Waals surface area contributed by atoms with Crippen LogP contribution in [0.25, 0.3) is 0 Å². The molecule has 1 unspecified atom stereocenters. The van der Waals surface area contributed by atoms with E-state index in [-0.39, 0.29) is 11.8 Å². The van der Waals surface area contributed by atoms with E-state index in [9.17, 15) is 9.59 Å². The molecule has 1 N–H and O–H groups in total. The lowest BCUT2D eigenvalue weighted by Gasteiger charge is -2.42. The predicted octanol–water partition coefficient (Wildman–Crippen LogP) is 0.838. The first-order valence-electron chi connectivity index (χ1n) is 11.4. The van der Waals surface area contributed by atoms with Gasteiger partial charge in [-0.15, -0.1) is 0 Å². The first kappa shape index (κ1) is 22.0. The zero-order valence-corrected chi connectivity index (χ0v) is 18.1. The van der Waals surface area contributed by atoms with Gasteiger partial charge in [-0.2, -0.15) is 0 Å². The molecular formula is C23H33N3O5. The highest BCUT2D eigenvalue weighted by atomic mass is 16.5. The minimum Gasteiger partial charge on any atom is -0.491 e. The van der Waals surface area contributed by atoms with Crippen LogP contribution in [0.3, 0.4) is 0 Å². The van der Waals surface area contributed by atoms with Crippen LogP contribution in [-0.2, 0) is 25.5 Å². The van der Waals surface area contributed by atoms with Gasteiger partial charge in [0, 0.05) is 26.2 Å². The molecule has 1 aromatic rings. The van der Waals surface area contributed by atoms with Gasteiger partial charge in [0.1, 0.15) is 12.4 Å². The Morgan fingerprint density at radius 1 is 1.06 bits per heavy atom. The van der Waals surface area contributed by atoms with Crippen molar-refractivity contribution < 1.29 is 23.8 Å². The molecule has 170 valence electrons. The molecule has 8 nitrogen and oxygen atoms in total. The summed E-state index contributed by atoms with van der Waals surface area (Å²) in [5.41, 5.74) is 0.285. The van der Waals surface area contributed by atoms with Crippen molar-refractivity contribution in [2.75, 3.05) is 65.7 Å². The maximum absolute atomic E-state index is 13.2. The molecule has 8 heteroatoms. The zero-order valence-electron chi connectivity index (χ0n) is 18.1. The Kier molecular flexibility index (Phi) is 7.42. The number of fused-ring (bicyclic) bond motifs is 1. The van der Waals surface area contributed by atoms with Crippen LogP contribution in [0.4, 0.5) is 0 Å². The number of rotatable bonds is 2. The summed E-state index contributed by atoms with van der Waals surface area (Å²) in [5.74, 6) is 0.890. The molecule has 1 aromatic carbocycles. The lowest BCUT2D eigenvalue weighted by Crippen LogP contribution is -2.61. The Balaban J connectivity index is 1.40.